The summed E-state index contributed by atoms with van der Waals surface area (Å²) in [5.41, 5.74) is 0.971. The van der Waals surface area contributed by atoms with Gasteiger partial charge in [0.05, 0.1) is 11.5 Å². The lowest BCUT2D eigenvalue weighted by Crippen LogP contribution is -2.49. The number of sulfonamides is 1. The topological polar surface area (TPSA) is 78.9 Å². The average Bonchev–Trinajstić information content (AvgIpc) is 3.28. The smallest absolute Gasteiger partial charge is 0.243 e. The van der Waals surface area contributed by atoms with Gasteiger partial charge in [-0.05, 0) is 55.2 Å². The maximum Gasteiger partial charge on any atom is 0.243 e. The predicted molar refractivity (Wildman–Crippen MR) is 115 cm³/mol. The van der Waals surface area contributed by atoms with Gasteiger partial charge < -0.3 is 14.5 Å². The van der Waals surface area contributed by atoms with E-state index < -0.39 is 10.0 Å². The molecule has 0 unspecified atom stereocenters. The summed E-state index contributed by atoms with van der Waals surface area (Å²) in [5.74, 6) is 2.54. The van der Waals surface area contributed by atoms with Gasteiger partial charge in [0.1, 0.15) is 5.75 Å². The predicted octanol–water partition coefficient (Wildman–Crippen LogP) is 1.91. The Morgan fingerprint density at radius 1 is 0.800 bits per heavy atom. The van der Waals surface area contributed by atoms with E-state index in [9.17, 15) is 8.42 Å². The number of rotatable bonds is 4. The van der Waals surface area contributed by atoms with Gasteiger partial charge in [0.2, 0.25) is 10.0 Å². The average molecular weight is 430 g/mol. The van der Waals surface area contributed by atoms with Crippen LogP contribution in [0.2, 0.25) is 0 Å². The molecule has 0 amide bonds. The molecule has 0 radical (unpaired) electrons. The molecule has 0 aliphatic carbocycles. The van der Waals surface area contributed by atoms with Crippen LogP contribution in [0.15, 0.2) is 35.2 Å². The van der Waals surface area contributed by atoms with Crippen molar-refractivity contribution in [1.29, 1.82) is 0 Å². The monoisotopic (exact) mass is 429 g/mol. The minimum absolute atomic E-state index is 0.353. The first-order valence-electron chi connectivity index (χ1n) is 10.7. The molecule has 2 fully saturated rings. The van der Waals surface area contributed by atoms with Crippen molar-refractivity contribution in [3.63, 3.8) is 0 Å². The highest BCUT2D eigenvalue weighted by Crippen LogP contribution is 2.29. The second-order valence-electron chi connectivity index (χ2n) is 8.06. The van der Waals surface area contributed by atoms with Crippen molar-refractivity contribution in [2.45, 2.75) is 30.6 Å². The number of fused-ring (bicyclic) bond motifs is 1. The maximum atomic E-state index is 13.1. The van der Waals surface area contributed by atoms with Crippen molar-refractivity contribution in [1.82, 2.24) is 14.5 Å². The van der Waals surface area contributed by atoms with Crippen LogP contribution < -0.4 is 14.5 Å². The molecule has 0 saturated carbocycles. The quantitative estimate of drug-likeness (QED) is 0.735. The molecule has 4 heterocycles. The number of nitrogens with zero attached hydrogens (tertiary/aromatic N) is 5. The molecule has 3 aliphatic rings. The Balaban J connectivity index is 1.23. The molecule has 1 aromatic heterocycles. The number of piperidine rings is 1. The van der Waals surface area contributed by atoms with E-state index in [2.05, 4.69) is 20.0 Å². The van der Waals surface area contributed by atoms with E-state index in [0.29, 0.717) is 37.7 Å². The first kappa shape index (κ1) is 19.6. The van der Waals surface area contributed by atoms with Crippen LogP contribution in [-0.2, 0) is 16.4 Å². The van der Waals surface area contributed by atoms with E-state index in [1.54, 1.807) is 22.5 Å². The van der Waals surface area contributed by atoms with Crippen LogP contribution in [0.5, 0.6) is 5.75 Å². The van der Waals surface area contributed by atoms with Crippen LogP contribution in [0, 0.1) is 0 Å². The van der Waals surface area contributed by atoms with Gasteiger partial charge in [0, 0.05) is 45.7 Å². The summed E-state index contributed by atoms with van der Waals surface area (Å²) in [4.78, 5) is 4.74. The molecule has 0 atom stereocenters. The zero-order valence-corrected chi connectivity index (χ0v) is 17.9. The van der Waals surface area contributed by atoms with E-state index in [-0.39, 0.29) is 0 Å². The van der Waals surface area contributed by atoms with Gasteiger partial charge in [-0.15, -0.1) is 10.2 Å². The third-order valence-electron chi connectivity index (χ3n) is 6.18. The Morgan fingerprint density at radius 2 is 1.47 bits per heavy atom. The third-order valence-corrected chi connectivity index (χ3v) is 8.07. The Kier molecular flexibility index (Phi) is 5.24. The second kappa shape index (κ2) is 8.03. The number of hydrogen-bond donors (Lipinski definition) is 0. The molecule has 30 heavy (non-hydrogen) atoms. The molecule has 3 aliphatic heterocycles. The van der Waals surface area contributed by atoms with Crippen molar-refractivity contribution in [2.24, 2.45) is 0 Å². The van der Waals surface area contributed by atoms with E-state index in [0.717, 1.165) is 42.5 Å². The van der Waals surface area contributed by atoms with Crippen LogP contribution in [0.25, 0.3) is 0 Å². The summed E-state index contributed by atoms with van der Waals surface area (Å²) in [6.07, 6.45) is 4.46. The van der Waals surface area contributed by atoms with Crippen LogP contribution in [0.3, 0.4) is 0 Å². The number of anilines is 2. The van der Waals surface area contributed by atoms with Crippen molar-refractivity contribution >= 4 is 21.7 Å². The van der Waals surface area contributed by atoms with Crippen LogP contribution in [0.4, 0.5) is 11.6 Å². The summed E-state index contributed by atoms with van der Waals surface area (Å²) < 4.78 is 33.2. The summed E-state index contributed by atoms with van der Waals surface area (Å²) in [5, 5.41) is 8.83. The standard InChI is InChI=1S/C21H27N5O3S/c27-30(28,18-4-5-19-17(16-18)8-15-29-19)26-13-11-25(12-14-26)21-7-6-20(22-23-21)24-9-2-1-3-10-24/h4-7,16H,1-3,8-15H2. The number of aromatic nitrogens is 2. The second-order valence-corrected chi connectivity index (χ2v) is 9.99. The normalized spacial score (nSPS) is 20.1. The fourth-order valence-corrected chi connectivity index (χ4v) is 5.88. The van der Waals surface area contributed by atoms with Crippen molar-refractivity contribution in [3.05, 3.63) is 35.9 Å². The minimum atomic E-state index is -3.50. The third kappa shape index (κ3) is 3.72. The molecule has 1 aromatic carbocycles. The lowest BCUT2D eigenvalue weighted by atomic mass is 10.1. The number of ether oxygens (including phenoxy) is 1. The fourth-order valence-electron chi connectivity index (χ4n) is 4.41. The van der Waals surface area contributed by atoms with Crippen molar-refractivity contribution < 1.29 is 13.2 Å². The van der Waals surface area contributed by atoms with Gasteiger partial charge in [-0.3, -0.25) is 0 Å². The summed E-state index contributed by atoms with van der Waals surface area (Å²) in [7, 11) is -3.50. The van der Waals surface area contributed by atoms with E-state index in [1.807, 2.05) is 12.1 Å². The zero-order valence-electron chi connectivity index (χ0n) is 17.0. The lowest BCUT2D eigenvalue weighted by Gasteiger charge is -2.34. The zero-order chi connectivity index (χ0) is 20.6. The van der Waals surface area contributed by atoms with Crippen LogP contribution in [0.1, 0.15) is 24.8 Å². The van der Waals surface area contributed by atoms with E-state index in [4.69, 9.17) is 4.74 Å². The van der Waals surface area contributed by atoms with Crippen LogP contribution in [-0.4, -0.2) is 68.8 Å². The van der Waals surface area contributed by atoms with Gasteiger partial charge in [0.15, 0.2) is 11.6 Å². The molecule has 9 heteroatoms. The highest BCUT2D eigenvalue weighted by Gasteiger charge is 2.30. The van der Waals surface area contributed by atoms with Gasteiger partial charge in [-0.1, -0.05) is 0 Å². The largest absolute Gasteiger partial charge is 0.493 e. The summed E-state index contributed by atoms with van der Waals surface area (Å²) in [6, 6.07) is 9.21. The van der Waals surface area contributed by atoms with Gasteiger partial charge in [0.25, 0.3) is 0 Å². The van der Waals surface area contributed by atoms with Gasteiger partial charge >= 0.3 is 0 Å². The van der Waals surface area contributed by atoms with E-state index >= 15 is 0 Å². The molecule has 160 valence electrons. The minimum Gasteiger partial charge on any atom is -0.493 e. The van der Waals surface area contributed by atoms with Crippen LogP contribution >= 0.6 is 0 Å². The Labute approximate surface area is 177 Å². The SMILES string of the molecule is O=S(=O)(c1ccc2c(c1)CCO2)N1CCN(c2ccc(N3CCCCC3)nn2)CC1. The highest BCUT2D eigenvalue weighted by molar-refractivity contribution is 7.89. The molecular formula is C21H27N5O3S. The molecule has 0 spiro atoms. The fraction of sp³-hybridized carbons (Fsp3) is 0.524. The number of piperazine rings is 1. The van der Waals surface area contributed by atoms with Crippen molar-refractivity contribution in [3.8, 4) is 5.75 Å². The van der Waals surface area contributed by atoms with Crippen molar-refractivity contribution in [2.75, 3.05) is 55.7 Å². The molecule has 0 bridgehead atoms. The Bertz CT molecular complexity index is 998. The number of hydrogen-bond acceptors (Lipinski definition) is 7. The molecule has 5 rings (SSSR count). The molecule has 2 aromatic rings. The molecular weight excluding hydrogens is 402 g/mol. The van der Waals surface area contributed by atoms with Gasteiger partial charge in [-0.2, -0.15) is 4.31 Å². The molecule has 2 saturated heterocycles. The van der Waals surface area contributed by atoms with E-state index in [1.165, 1.54) is 19.3 Å². The summed E-state index contributed by atoms with van der Waals surface area (Å²) >= 11 is 0. The number of benzene rings is 1. The Morgan fingerprint density at radius 3 is 2.13 bits per heavy atom. The summed E-state index contributed by atoms with van der Waals surface area (Å²) in [6.45, 7) is 4.78. The van der Waals surface area contributed by atoms with Gasteiger partial charge in [-0.25, -0.2) is 8.42 Å². The lowest BCUT2D eigenvalue weighted by molar-refractivity contribution is 0.356. The first-order valence-corrected chi connectivity index (χ1v) is 12.1. The molecule has 0 N–H and O–H groups in total. The Hall–Kier alpha value is -2.39. The highest BCUT2D eigenvalue weighted by atomic mass is 32.2. The molecule has 8 nitrogen and oxygen atoms in total. The maximum absolute atomic E-state index is 13.1. The first-order chi connectivity index (χ1) is 14.6.